The van der Waals surface area contributed by atoms with E-state index in [1.54, 1.807) is 7.11 Å². The van der Waals surface area contributed by atoms with Crippen LogP contribution in [0.15, 0.2) is 48.5 Å². The lowest BCUT2D eigenvalue weighted by molar-refractivity contribution is 0.0937. The topological polar surface area (TPSA) is 29.5 Å². The molecule has 0 radical (unpaired) electrons. The summed E-state index contributed by atoms with van der Waals surface area (Å²) in [6.45, 7) is 6.42. The van der Waals surface area contributed by atoms with Crippen LogP contribution in [0.2, 0.25) is 0 Å². The van der Waals surface area contributed by atoms with Crippen molar-refractivity contribution in [2.75, 3.05) is 26.7 Å². The molecule has 22 heavy (non-hydrogen) atoms. The maximum Gasteiger partial charge on any atom is 0.176 e. The van der Waals surface area contributed by atoms with E-state index < -0.39 is 0 Å². The molecule has 2 aromatic rings. The minimum atomic E-state index is 0.171. The van der Waals surface area contributed by atoms with Gasteiger partial charge in [0.1, 0.15) is 5.75 Å². The minimum Gasteiger partial charge on any atom is -0.497 e. The molecule has 0 aliphatic heterocycles. The van der Waals surface area contributed by atoms with Gasteiger partial charge in [-0.15, -0.1) is 0 Å². The Kier molecular flexibility index (Phi) is 5.73. The van der Waals surface area contributed by atoms with Crippen molar-refractivity contribution >= 4 is 5.78 Å². The molecular weight excluding hydrogens is 274 g/mol. The number of nitrogens with zero attached hydrogens (tertiary/aromatic N) is 1. The number of hydrogen-bond acceptors (Lipinski definition) is 3. The largest absolute Gasteiger partial charge is 0.497 e. The Bertz CT molecular complexity index is 598. The summed E-state index contributed by atoms with van der Waals surface area (Å²) < 4.78 is 5.16. The van der Waals surface area contributed by atoms with Crippen LogP contribution >= 0.6 is 0 Å². The number of benzene rings is 2. The van der Waals surface area contributed by atoms with Gasteiger partial charge in [0, 0.05) is 5.56 Å². The van der Waals surface area contributed by atoms with Crippen molar-refractivity contribution in [3.8, 4) is 16.9 Å². The first-order valence-corrected chi connectivity index (χ1v) is 7.68. The smallest absolute Gasteiger partial charge is 0.176 e. The van der Waals surface area contributed by atoms with Crippen LogP contribution in [0.5, 0.6) is 5.75 Å². The Balaban J connectivity index is 2.10. The summed E-state index contributed by atoms with van der Waals surface area (Å²) in [6, 6.07) is 15.7. The predicted molar refractivity (Wildman–Crippen MR) is 90.5 cm³/mol. The fourth-order valence-corrected chi connectivity index (χ4v) is 2.37. The average molecular weight is 297 g/mol. The van der Waals surface area contributed by atoms with Gasteiger partial charge in [-0.05, 0) is 36.3 Å². The standard InChI is InChI=1S/C19H23NO2/c1-4-20(5-2)14-19(21)17-8-6-15(7-9-17)16-10-12-18(22-3)13-11-16/h6-13H,4-5,14H2,1-3H3. The second kappa shape index (κ2) is 7.76. The molecule has 0 aromatic heterocycles. The van der Waals surface area contributed by atoms with Gasteiger partial charge in [0.15, 0.2) is 5.78 Å². The Hall–Kier alpha value is -2.13. The van der Waals surface area contributed by atoms with Gasteiger partial charge in [0.2, 0.25) is 0 Å². The molecule has 0 N–H and O–H groups in total. The summed E-state index contributed by atoms with van der Waals surface area (Å²) in [4.78, 5) is 14.4. The zero-order valence-corrected chi connectivity index (χ0v) is 13.5. The zero-order valence-electron chi connectivity index (χ0n) is 13.5. The first kappa shape index (κ1) is 16.2. The second-order valence-electron chi connectivity index (χ2n) is 5.19. The summed E-state index contributed by atoms with van der Waals surface area (Å²) in [5.74, 6) is 1.01. The first-order valence-electron chi connectivity index (χ1n) is 7.68. The Morgan fingerprint density at radius 1 is 0.909 bits per heavy atom. The van der Waals surface area contributed by atoms with E-state index in [-0.39, 0.29) is 5.78 Å². The molecule has 0 fully saturated rings. The number of carbonyl (C=O) groups is 1. The third-order valence-electron chi connectivity index (χ3n) is 3.89. The first-order chi connectivity index (χ1) is 10.7. The molecule has 3 heteroatoms. The van der Waals surface area contributed by atoms with Gasteiger partial charge in [-0.25, -0.2) is 0 Å². The summed E-state index contributed by atoms with van der Waals surface area (Å²) in [6.07, 6.45) is 0. The van der Waals surface area contributed by atoms with E-state index in [1.165, 1.54) is 0 Å². The number of likely N-dealkylation sites (N-methyl/N-ethyl adjacent to an activating group) is 1. The molecule has 0 bridgehead atoms. The third-order valence-corrected chi connectivity index (χ3v) is 3.89. The molecule has 3 nitrogen and oxygen atoms in total. The molecular formula is C19H23NO2. The van der Waals surface area contributed by atoms with Crippen LogP contribution in [-0.4, -0.2) is 37.4 Å². The fourth-order valence-electron chi connectivity index (χ4n) is 2.37. The van der Waals surface area contributed by atoms with Crippen LogP contribution in [0, 0.1) is 0 Å². The van der Waals surface area contributed by atoms with Gasteiger partial charge in [-0.3, -0.25) is 9.69 Å². The van der Waals surface area contributed by atoms with Crippen LogP contribution in [0.1, 0.15) is 24.2 Å². The summed E-state index contributed by atoms with van der Waals surface area (Å²) in [5.41, 5.74) is 2.98. The molecule has 0 atom stereocenters. The van der Waals surface area contributed by atoms with E-state index in [0.29, 0.717) is 6.54 Å². The maximum atomic E-state index is 12.2. The van der Waals surface area contributed by atoms with Crippen LogP contribution in [0.4, 0.5) is 0 Å². The number of ketones is 1. The minimum absolute atomic E-state index is 0.171. The quantitative estimate of drug-likeness (QED) is 0.726. The molecule has 2 rings (SSSR count). The number of hydrogen-bond donors (Lipinski definition) is 0. The van der Waals surface area contributed by atoms with E-state index in [9.17, 15) is 4.79 Å². The van der Waals surface area contributed by atoms with E-state index in [0.717, 1.165) is 35.5 Å². The Morgan fingerprint density at radius 3 is 1.86 bits per heavy atom. The molecule has 0 aliphatic rings. The predicted octanol–water partition coefficient (Wildman–Crippen LogP) is 3.89. The number of methoxy groups -OCH3 is 1. The van der Waals surface area contributed by atoms with Crippen molar-refractivity contribution in [1.29, 1.82) is 0 Å². The fraction of sp³-hybridized carbons (Fsp3) is 0.316. The average Bonchev–Trinajstić information content (AvgIpc) is 2.59. The second-order valence-corrected chi connectivity index (χ2v) is 5.19. The van der Waals surface area contributed by atoms with E-state index >= 15 is 0 Å². The summed E-state index contributed by atoms with van der Waals surface area (Å²) >= 11 is 0. The molecule has 2 aromatic carbocycles. The molecule has 0 amide bonds. The van der Waals surface area contributed by atoms with Crippen molar-refractivity contribution in [2.45, 2.75) is 13.8 Å². The van der Waals surface area contributed by atoms with Crippen molar-refractivity contribution < 1.29 is 9.53 Å². The number of rotatable bonds is 7. The maximum absolute atomic E-state index is 12.2. The highest BCUT2D eigenvalue weighted by atomic mass is 16.5. The lowest BCUT2D eigenvalue weighted by atomic mass is 10.0. The highest BCUT2D eigenvalue weighted by Crippen LogP contribution is 2.22. The van der Waals surface area contributed by atoms with Crippen LogP contribution in [0.25, 0.3) is 11.1 Å². The van der Waals surface area contributed by atoms with Crippen LogP contribution in [0.3, 0.4) is 0 Å². The Morgan fingerprint density at radius 2 is 1.41 bits per heavy atom. The highest BCUT2D eigenvalue weighted by Gasteiger charge is 2.10. The number of carbonyl (C=O) groups excluding carboxylic acids is 1. The monoisotopic (exact) mass is 297 g/mol. The molecule has 0 heterocycles. The number of Topliss-reactive ketones (excluding diaryl/α,β-unsaturated/α-hetero) is 1. The lowest BCUT2D eigenvalue weighted by Crippen LogP contribution is -2.29. The molecule has 0 aliphatic carbocycles. The van der Waals surface area contributed by atoms with E-state index in [4.69, 9.17) is 4.74 Å². The van der Waals surface area contributed by atoms with Crippen LogP contribution in [-0.2, 0) is 0 Å². The lowest BCUT2D eigenvalue weighted by Gasteiger charge is -2.16. The van der Waals surface area contributed by atoms with E-state index in [1.807, 2.05) is 48.5 Å². The molecule has 0 spiro atoms. The normalized spacial score (nSPS) is 10.7. The highest BCUT2D eigenvalue weighted by molar-refractivity contribution is 5.98. The molecule has 0 unspecified atom stereocenters. The Labute approximate surface area is 132 Å². The van der Waals surface area contributed by atoms with Crippen LogP contribution < -0.4 is 4.74 Å². The van der Waals surface area contributed by atoms with Gasteiger partial charge in [0.05, 0.1) is 13.7 Å². The van der Waals surface area contributed by atoms with Gasteiger partial charge >= 0.3 is 0 Å². The molecule has 0 saturated carbocycles. The summed E-state index contributed by atoms with van der Waals surface area (Å²) in [7, 11) is 1.66. The van der Waals surface area contributed by atoms with Crippen molar-refractivity contribution in [3.05, 3.63) is 54.1 Å². The van der Waals surface area contributed by atoms with Gasteiger partial charge in [-0.1, -0.05) is 50.2 Å². The molecule has 116 valence electrons. The third kappa shape index (κ3) is 3.95. The van der Waals surface area contributed by atoms with Gasteiger partial charge < -0.3 is 4.74 Å². The number of ether oxygens (including phenoxy) is 1. The van der Waals surface area contributed by atoms with Crippen molar-refractivity contribution in [3.63, 3.8) is 0 Å². The van der Waals surface area contributed by atoms with E-state index in [2.05, 4.69) is 18.7 Å². The van der Waals surface area contributed by atoms with Gasteiger partial charge in [0.25, 0.3) is 0 Å². The molecule has 0 saturated heterocycles. The summed E-state index contributed by atoms with van der Waals surface area (Å²) in [5, 5.41) is 0. The van der Waals surface area contributed by atoms with Gasteiger partial charge in [-0.2, -0.15) is 0 Å². The van der Waals surface area contributed by atoms with Crippen molar-refractivity contribution in [1.82, 2.24) is 4.90 Å². The SMILES string of the molecule is CCN(CC)CC(=O)c1ccc(-c2ccc(OC)cc2)cc1. The zero-order chi connectivity index (χ0) is 15.9. The van der Waals surface area contributed by atoms with Crippen molar-refractivity contribution in [2.24, 2.45) is 0 Å².